The van der Waals surface area contributed by atoms with Crippen molar-refractivity contribution < 1.29 is 42.7 Å². The molecule has 0 spiro atoms. The lowest BCUT2D eigenvalue weighted by Crippen LogP contribution is -2.52. The molecule has 2 aromatic heterocycles. The molecule has 1 amide bonds. The molecule has 2 saturated carbocycles. The number of terminal acetylenes is 1. The number of anilines is 1. The third kappa shape index (κ3) is 6.51. The number of β-amino-alcohol motifs (C(OH)–C–C–N with tert-alkyl or cyclic N) is 1. The van der Waals surface area contributed by atoms with Gasteiger partial charge in [-0.1, -0.05) is 18.4 Å². The van der Waals surface area contributed by atoms with Crippen LogP contribution < -0.4 is 14.4 Å². The minimum Gasteiger partial charge on any atom is -0.508 e. The molecule has 0 bridgehead atoms. The van der Waals surface area contributed by atoms with E-state index in [4.69, 9.17) is 35.3 Å². The summed E-state index contributed by atoms with van der Waals surface area (Å²) >= 11 is 0. The average molecular weight is 797 g/mol. The second kappa shape index (κ2) is 14.5. The van der Waals surface area contributed by atoms with Crippen LogP contribution in [0.1, 0.15) is 44.6 Å². The van der Waals surface area contributed by atoms with Gasteiger partial charge in [0.1, 0.15) is 39.6 Å². The van der Waals surface area contributed by atoms with Crippen LogP contribution >= 0.6 is 0 Å². The fraction of sp³-hybridized carbons (Fsp3) is 0.488. The second-order valence-corrected chi connectivity index (χ2v) is 16.6. The fourth-order valence-electron chi connectivity index (χ4n) is 10.1. The lowest BCUT2D eigenvalue weighted by Gasteiger charge is -2.46. The van der Waals surface area contributed by atoms with E-state index in [1.165, 1.54) is 44.1 Å². The van der Waals surface area contributed by atoms with Crippen LogP contribution in [-0.2, 0) is 9.47 Å². The molecule has 5 aliphatic rings. The largest absolute Gasteiger partial charge is 0.508 e. The molecule has 0 unspecified atom stereocenters. The first-order chi connectivity index (χ1) is 27.9. The molecule has 15 heteroatoms. The first-order valence-corrected chi connectivity index (χ1v) is 19.8. The predicted octanol–water partition coefficient (Wildman–Crippen LogP) is 5.63. The van der Waals surface area contributed by atoms with Gasteiger partial charge in [-0.2, -0.15) is 9.97 Å². The summed E-state index contributed by atoms with van der Waals surface area (Å²) in [7, 11) is 2.79. The number of pyridine rings is 1. The Morgan fingerprint density at radius 3 is 2.71 bits per heavy atom. The quantitative estimate of drug-likeness (QED) is 0.214. The molecule has 4 aromatic rings. The maximum Gasteiger partial charge on any atom is 0.413 e. The summed E-state index contributed by atoms with van der Waals surface area (Å²) in [5.41, 5.74) is -0.622. The summed E-state index contributed by atoms with van der Waals surface area (Å²) < 4.78 is 55.5. The third-order valence-electron chi connectivity index (χ3n) is 12.8. The predicted molar refractivity (Wildman–Crippen MR) is 211 cm³/mol. The van der Waals surface area contributed by atoms with Crippen molar-refractivity contribution in [2.45, 2.75) is 50.7 Å². The number of hydrogen-bond acceptors (Lipinski definition) is 12. The van der Waals surface area contributed by atoms with E-state index in [0.29, 0.717) is 36.9 Å². The van der Waals surface area contributed by atoms with E-state index in [0.717, 1.165) is 45.2 Å². The van der Waals surface area contributed by atoms with Crippen molar-refractivity contribution >= 4 is 33.6 Å². The number of rotatable bonds is 8. The van der Waals surface area contributed by atoms with E-state index in [9.17, 15) is 15.0 Å². The van der Waals surface area contributed by atoms with Crippen LogP contribution in [0, 0.1) is 41.2 Å². The second-order valence-electron chi connectivity index (χ2n) is 16.6. The number of nitrogens with zero attached hydrogens (tertiary/aromatic N) is 6. The number of carbonyl (C=O) groups excluding carboxylic acids is 1. The van der Waals surface area contributed by atoms with Gasteiger partial charge in [0.05, 0.1) is 46.1 Å². The Bertz CT molecular complexity index is 2400. The number of aromatic hydroxyl groups is 1. The first kappa shape index (κ1) is 38.2. The molecule has 2 N–H and O–H groups in total. The number of aliphatic hydroxyl groups is 1. The van der Waals surface area contributed by atoms with E-state index in [1.54, 1.807) is 16.7 Å². The van der Waals surface area contributed by atoms with Crippen LogP contribution in [0.3, 0.4) is 0 Å². The van der Waals surface area contributed by atoms with E-state index >= 15 is 8.78 Å². The molecule has 3 aliphatic heterocycles. The van der Waals surface area contributed by atoms with E-state index < -0.39 is 17.2 Å². The Labute approximate surface area is 334 Å². The van der Waals surface area contributed by atoms with Crippen LogP contribution in [0.4, 0.5) is 19.4 Å². The summed E-state index contributed by atoms with van der Waals surface area (Å²) in [5.74, 6) is 1.62. The number of halogens is 2. The summed E-state index contributed by atoms with van der Waals surface area (Å²) in [6, 6.07) is 5.58. The number of aromatic nitrogens is 3. The van der Waals surface area contributed by atoms with Gasteiger partial charge < -0.3 is 34.1 Å². The molecule has 13 nitrogen and oxygen atoms in total. The van der Waals surface area contributed by atoms with Gasteiger partial charge in [0.25, 0.3) is 0 Å². The van der Waals surface area contributed by atoms with Crippen molar-refractivity contribution in [2.24, 2.45) is 17.3 Å². The van der Waals surface area contributed by atoms with Crippen LogP contribution in [0.15, 0.2) is 36.0 Å². The van der Waals surface area contributed by atoms with Gasteiger partial charge >= 0.3 is 12.1 Å². The number of carbonyl (C=O) groups is 1. The Kier molecular flexibility index (Phi) is 9.56. The van der Waals surface area contributed by atoms with Gasteiger partial charge in [-0.15, -0.1) is 6.42 Å². The molecule has 4 fully saturated rings. The standard InChI is InChI=1S/C43H46F2N6O7/c1-5-26-31(44)10-9-24-16-25(52)17-27(33(24)26)36-35(45)37-34(39(46-36)55-3)38(50-14-15-57-22-42(2,54)21-50)48-40(47-37)58-23-43-11-6-8-32(43)49(13-7-12-43)18-28-29-19-51(20-30(28)29)41(53)56-4/h1,9-10,16-17,19,28,30,32,52,54H,6-8,11-15,18,20-23H2,2-4H3/t28-,30+,32+,42-,43+/m0/s1. The number of piperidine rings is 1. The number of benzene rings is 2. The zero-order valence-corrected chi connectivity index (χ0v) is 32.8. The third-order valence-corrected chi connectivity index (χ3v) is 12.8. The lowest BCUT2D eigenvalue weighted by atomic mass is 9.75. The van der Waals surface area contributed by atoms with Gasteiger partial charge in [-0.05, 0) is 68.3 Å². The maximum absolute atomic E-state index is 17.4. The molecule has 58 heavy (non-hydrogen) atoms. The van der Waals surface area contributed by atoms with Crippen LogP contribution in [-0.4, -0.2) is 119 Å². The maximum atomic E-state index is 17.4. The van der Waals surface area contributed by atoms with Crippen molar-refractivity contribution in [1.82, 2.24) is 24.8 Å². The smallest absolute Gasteiger partial charge is 0.413 e. The molecule has 2 aromatic carbocycles. The van der Waals surface area contributed by atoms with E-state index in [2.05, 4.69) is 15.8 Å². The zero-order valence-electron chi connectivity index (χ0n) is 32.8. The van der Waals surface area contributed by atoms with Crippen molar-refractivity contribution in [1.29, 1.82) is 0 Å². The number of phenols is 1. The van der Waals surface area contributed by atoms with Crippen LogP contribution in [0.25, 0.3) is 32.9 Å². The zero-order chi connectivity index (χ0) is 40.5. The summed E-state index contributed by atoms with van der Waals surface area (Å²) in [5, 5.41) is 22.7. The van der Waals surface area contributed by atoms with Gasteiger partial charge in [-0.25, -0.2) is 18.6 Å². The Morgan fingerprint density at radius 2 is 1.95 bits per heavy atom. The average Bonchev–Trinajstić information content (AvgIpc) is 3.48. The highest BCUT2D eigenvalue weighted by Crippen LogP contribution is 2.54. The van der Waals surface area contributed by atoms with Gasteiger partial charge in [0.15, 0.2) is 5.82 Å². The van der Waals surface area contributed by atoms with Crippen molar-refractivity contribution in [3.8, 4) is 41.2 Å². The highest BCUT2D eigenvalue weighted by Gasteiger charge is 2.54. The number of amides is 1. The SMILES string of the molecule is C#Cc1c(F)ccc2cc(O)cc(-c3nc(OC)c4c(N5CCOC[C@@](C)(O)C5)nc(OC[C@]56CCC[C@H]5N(C[C@H]5C7=CN(C(=O)OC)C[C@@H]75)CCC6)nc4c3F)c12. The highest BCUT2D eigenvalue weighted by atomic mass is 19.1. The number of hydrogen-bond donors (Lipinski definition) is 2. The van der Waals surface area contributed by atoms with Crippen molar-refractivity contribution in [3.05, 3.63) is 53.2 Å². The number of methoxy groups -OCH3 is 2. The fourth-order valence-corrected chi connectivity index (χ4v) is 10.1. The normalized spacial score (nSPS) is 26.8. The number of ether oxygens (including phenoxy) is 4. The van der Waals surface area contributed by atoms with Crippen molar-refractivity contribution in [3.63, 3.8) is 0 Å². The summed E-state index contributed by atoms with van der Waals surface area (Å²) in [6.45, 7) is 5.29. The van der Waals surface area contributed by atoms with Crippen LogP contribution in [0.5, 0.6) is 17.6 Å². The topological polar surface area (TPSA) is 143 Å². The molecule has 2 saturated heterocycles. The molecule has 304 valence electrons. The van der Waals surface area contributed by atoms with Gasteiger partial charge in [-0.3, -0.25) is 9.80 Å². The van der Waals surface area contributed by atoms with E-state index in [1.807, 2.05) is 6.20 Å². The van der Waals surface area contributed by atoms with Crippen LogP contribution in [0.2, 0.25) is 0 Å². The minimum atomic E-state index is -1.26. The Hall–Kier alpha value is -5.30. The molecule has 9 rings (SSSR count). The molecule has 5 heterocycles. The molecular weight excluding hydrogens is 751 g/mol. The molecular formula is C43H46F2N6O7. The summed E-state index contributed by atoms with van der Waals surface area (Å²) in [4.78, 5) is 32.3. The first-order valence-electron chi connectivity index (χ1n) is 19.8. The van der Waals surface area contributed by atoms with Gasteiger partial charge in [0, 0.05) is 60.1 Å². The number of phenolic OH excluding ortho intramolecular Hbond substituents is 1. The molecule has 0 radical (unpaired) electrons. The number of fused-ring (bicyclic) bond motifs is 4. The van der Waals surface area contributed by atoms with Gasteiger partial charge in [0.2, 0.25) is 5.88 Å². The summed E-state index contributed by atoms with van der Waals surface area (Å²) in [6.07, 6.45) is 12.4. The highest BCUT2D eigenvalue weighted by molar-refractivity contribution is 6.04. The molecule has 2 aliphatic carbocycles. The Morgan fingerprint density at radius 1 is 1.12 bits per heavy atom. The van der Waals surface area contributed by atoms with E-state index in [-0.39, 0.29) is 93.9 Å². The lowest BCUT2D eigenvalue weighted by molar-refractivity contribution is -0.0123. The minimum absolute atomic E-state index is 0.0278. The monoisotopic (exact) mass is 796 g/mol. The number of likely N-dealkylation sites (tertiary alicyclic amines) is 1. The van der Waals surface area contributed by atoms with Crippen molar-refractivity contribution in [2.75, 3.05) is 71.7 Å². The Balaban J connectivity index is 1.10. The molecule has 5 atom stereocenters.